The number of nitrogens with zero attached hydrogens (tertiary/aromatic N) is 2. The number of fused-ring (bicyclic) bond motifs is 1. The molecule has 3 nitrogen and oxygen atoms in total. The summed E-state index contributed by atoms with van der Waals surface area (Å²) in [5.74, 6) is 0. The van der Waals surface area contributed by atoms with Crippen molar-refractivity contribution in [3.63, 3.8) is 0 Å². The zero-order chi connectivity index (χ0) is 13.4. The molecule has 0 saturated heterocycles. The van der Waals surface area contributed by atoms with Gasteiger partial charge < -0.3 is 0 Å². The van der Waals surface area contributed by atoms with Gasteiger partial charge in [0.05, 0.1) is 0 Å². The Morgan fingerprint density at radius 3 is 2.63 bits per heavy atom. The Labute approximate surface area is 127 Å². The topological polar surface area (TPSA) is 34.9 Å². The van der Waals surface area contributed by atoms with Gasteiger partial charge in [0.15, 0.2) is 0 Å². The maximum atomic E-state index is 10.7. The zero-order valence-electron chi connectivity index (χ0n) is 10.5. The van der Waals surface area contributed by atoms with Crippen LogP contribution in [-0.2, 0) is 0 Å². The number of aromatic nitrogens is 2. The second-order valence-corrected chi connectivity index (χ2v) is 6.71. The molecule has 0 aliphatic carbocycles. The van der Waals surface area contributed by atoms with Crippen LogP contribution >= 0.6 is 0 Å². The first-order valence-corrected chi connectivity index (χ1v) is 7.98. The monoisotopic (exact) mass is 440 g/mol. The van der Waals surface area contributed by atoms with Crippen LogP contribution in [0.25, 0.3) is 22.2 Å². The molecule has 90 valence electrons. The Morgan fingerprint density at radius 2 is 1.95 bits per heavy atom. The van der Waals surface area contributed by atoms with E-state index >= 15 is 0 Å². The van der Waals surface area contributed by atoms with Crippen molar-refractivity contribution in [3.05, 3.63) is 53.9 Å². The van der Waals surface area contributed by atoms with E-state index in [4.69, 9.17) is 0 Å². The second kappa shape index (κ2) is 4.88. The van der Waals surface area contributed by atoms with Gasteiger partial charge in [0.25, 0.3) is 0 Å². The van der Waals surface area contributed by atoms with E-state index in [-0.39, 0.29) is 0 Å². The molecule has 0 N–H and O–H groups in total. The van der Waals surface area contributed by atoms with E-state index < -0.39 is 0 Å². The van der Waals surface area contributed by atoms with Gasteiger partial charge in [-0.3, -0.25) is 0 Å². The second-order valence-electron chi connectivity index (χ2n) is 4.55. The molecule has 0 fully saturated rings. The van der Waals surface area contributed by atoms with Crippen molar-refractivity contribution in [3.8, 4) is 11.1 Å². The van der Waals surface area contributed by atoms with Gasteiger partial charge in [0, 0.05) is 0 Å². The summed E-state index contributed by atoms with van der Waals surface area (Å²) in [5.41, 5.74) is 6.48. The molecule has 3 aromatic rings. The van der Waals surface area contributed by atoms with Crippen LogP contribution in [0, 0.1) is 6.92 Å². The van der Waals surface area contributed by atoms with Crippen molar-refractivity contribution < 1.29 is 4.79 Å². The fourth-order valence-electron chi connectivity index (χ4n) is 2.23. The molecule has 0 amide bonds. The summed E-state index contributed by atoms with van der Waals surface area (Å²) in [7, 11) is 0. The summed E-state index contributed by atoms with van der Waals surface area (Å²) in [5, 5.41) is 0. The fraction of sp³-hybridized carbons (Fsp3) is 0.0667. The molecule has 19 heavy (non-hydrogen) atoms. The predicted octanol–water partition coefficient (Wildman–Crippen LogP) is 2.76. The Hall–Kier alpha value is -1.50. The van der Waals surface area contributed by atoms with E-state index in [1.807, 2.05) is 30.6 Å². The standard InChI is InChI=1S/C15H12N2O.Tl/c1-10-6-14-15(17-9-16-14)7-13(10)12-4-2-11(8-18)3-5-12;/h2-9H,1H3,(H,16,17,18);/q;+1/p-1. The van der Waals surface area contributed by atoms with Gasteiger partial charge >= 0.3 is 127 Å². The number of rotatable bonds is 2. The van der Waals surface area contributed by atoms with Gasteiger partial charge in [-0.2, -0.15) is 0 Å². The summed E-state index contributed by atoms with van der Waals surface area (Å²) in [6, 6.07) is 12.0. The van der Waals surface area contributed by atoms with Crippen LogP contribution in [0.3, 0.4) is 0 Å². The Bertz CT molecular complexity index is 760. The molecule has 0 aliphatic rings. The van der Waals surface area contributed by atoms with Crippen LogP contribution in [0.5, 0.6) is 0 Å². The van der Waals surface area contributed by atoms with Crippen LogP contribution in [0.15, 0.2) is 42.7 Å². The average Bonchev–Trinajstić information content (AvgIpc) is 2.79. The van der Waals surface area contributed by atoms with Crippen molar-refractivity contribution in [2.24, 2.45) is 0 Å². The van der Waals surface area contributed by atoms with Crippen LogP contribution < -0.4 is 0 Å². The van der Waals surface area contributed by atoms with Crippen LogP contribution in [0.2, 0.25) is 0 Å². The summed E-state index contributed by atoms with van der Waals surface area (Å²) in [6.45, 7) is 2.09. The maximum absolute atomic E-state index is 10.7. The number of hydrogen-bond donors (Lipinski definition) is 0. The molecule has 3 rings (SSSR count). The van der Waals surface area contributed by atoms with Gasteiger partial charge in [-0.1, -0.05) is 0 Å². The summed E-state index contributed by atoms with van der Waals surface area (Å²) in [6.07, 6.45) is 2.77. The number of carbonyl (C=O) groups is 1. The molecule has 0 saturated carbocycles. The molecule has 0 unspecified atom stereocenters. The predicted molar refractivity (Wildman–Crippen MR) is 76.4 cm³/mol. The van der Waals surface area contributed by atoms with Crippen LogP contribution in [0.1, 0.15) is 15.9 Å². The molecule has 0 radical (unpaired) electrons. The first-order valence-electron chi connectivity index (χ1n) is 5.97. The van der Waals surface area contributed by atoms with E-state index in [0.717, 1.165) is 17.4 Å². The van der Waals surface area contributed by atoms with Crippen LogP contribution in [0.4, 0.5) is 0 Å². The van der Waals surface area contributed by atoms with Crippen molar-refractivity contribution in [1.29, 1.82) is 0 Å². The van der Waals surface area contributed by atoms with Gasteiger partial charge in [-0.05, 0) is 0 Å². The van der Waals surface area contributed by atoms with Crippen molar-refractivity contribution >= 4 is 43.4 Å². The Morgan fingerprint density at radius 1 is 1.21 bits per heavy atom. The molecule has 0 aliphatic heterocycles. The summed E-state index contributed by atoms with van der Waals surface area (Å²) < 4.78 is 2.18. The molecule has 1 heterocycles. The van der Waals surface area contributed by atoms with E-state index in [1.165, 1.54) is 16.6 Å². The average molecular weight is 440 g/mol. The molecule has 0 bridgehead atoms. The van der Waals surface area contributed by atoms with E-state index in [2.05, 4.69) is 26.4 Å². The molecule has 1 aromatic heterocycles. The molecule has 0 spiro atoms. The van der Waals surface area contributed by atoms with Gasteiger partial charge in [0.1, 0.15) is 0 Å². The van der Waals surface area contributed by atoms with Crippen molar-refractivity contribution in [1.82, 2.24) is 7.36 Å². The van der Waals surface area contributed by atoms with E-state index in [9.17, 15) is 4.79 Å². The number of carbonyl (C=O) groups excluding carboxylic acids is 1. The van der Waals surface area contributed by atoms with Gasteiger partial charge in [-0.15, -0.1) is 0 Å². The number of aldehydes is 1. The van der Waals surface area contributed by atoms with E-state index in [0.29, 0.717) is 31.6 Å². The molecular formula is C15H11N2OTl. The zero-order valence-corrected chi connectivity index (χ0v) is 15.0. The third-order valence-electron chi connectivity index (χ3n) is 3.28. The van der Waals surface area contributed by atoms with Crippen molar-refractivity contribution in [2.75, 3.05) is 0 Å². The quantitative estimate of drug-likeness (QED) is 0.455. The molecule has 2 aromatic carbocycles. The Kier molecular flexibility index (Phi) is 3.22. The number of imidazole rings is 1. The molecule has 0 atom stereocenters. The fourth-order valence-corrected chi connectivity index (χ4v) is 3.29. The number of hydrogen-bond acceptors (Lipinski definition) is 2. The third kappa shape index (κ3) is 2.22. The van der Waals surface area contributed by atoms with Gasteiger partial charge in [-0.25, -0.2) is 0 Å². The third-order valence-corrected chi connectivity index (χ3v) is 4.88. The normalized spacial score (nSPS) is 10.7. The summed E-state index contributed by atoms with van der Waals surface area (Å²) in [4.78, 5) is 15.1. The molecular weight excluding hydrogens is 429 g/mol. The minimum atomic E-state index is 0.705. The minimum absolute atomic E-state index is 0.705. The first-order chi connectivity index (χ1) is 9.19. The van der Waals surface area contributed by atoms with E-state index in [1.54, 1.807) is 0 Å². The van der Waals surface area contributed by atoms with Crippen LogP contribution in [-0.4, -0.2) is 39.7 Å². The molecule has 4 heteroatoms. The Balaban J connectivity index is 2.19. The SMILES string of the molecule is Cc1cc2nc[n]([Tl])c2cc1-c1ccc(C=O)cc1. The first kappa shape index (κ1) is 12.5. The number of aryl methyl sites for hydroxylation is 1. The number of benzene rings is 2. The van der Waals surface area contributed by atoms with Gasteiger partial charge in [0.2, 0.25) is 0 Å². The summed E-state index contributed by atoms with van der Waals surface area (Å²) >= 11 is 0.711. The van der Waals surface area contributed by atoms with Crippen molar-refractivity contribution in [2.45, 2.75) is 6.92 Å².